The smallest absolute Gasteiger partial charge is 0.544 e. The first kappa shape index (κ1) is 74.3. The minimum absolute atomic E-state index is 0. The monoisotopic (exact) mass is 1230 g/mol. The van der Waals surface area contributed by atoms with E-state index >= 15 is 0 Å². The van der Waals surface area contributed by atoms with Crippen molar-refractivity contribution in [2.45, 2.75) is 120 Å². The molecule has 0 atom stereocenters. The Hall–Kier alpha value is -2.96. The number of carboxylic acid groups (broad SMARTS) is 2. The van der Waals surface area contributed by atoms with Gasteiger partial charge in [-0.25, -0.2) is 0 Å². The fourth-order valence-electron chi connectivity index (χ4n) is 3.61. The van der Waals surface area contributed by atoms with Gasteiger partial charge in [0.25, 0.3) is 0 Å². The van der Waals surface area contributed by atoms with Crippen molar-refractivity contribution in [3.05, 3.63) is 0 Å². The van der Waals surface area contributed by atoms with Gasteiger partial charge in [-0.1, -0.05) is 0 Å². The molecule has 0 saturated carbocycles. The van der Waals surface area contributed by atoms with E-state index in [1.165, 1.54) is 0 Å². The van der Waals surface area contributed by atoms with Crippen molar-refractivity contribution in [1.29, 1.82) is 0 Å². The van der Waals surface area contributed by atoms with E-state index in [-0.39, 0.29) is 37.7 Å². The Morgan fingerprint density at radius 2 is 0.329 bits per heavy atom. The van der Waals surface area contributed by atoms with Crippen LogP contribution in [0.5, 0.6) is 0 Å². The van der Waals surface area contributed by atoms with Gasteiger partial charge in [-0.3, -0.25) is 0 Å². The van der Waals surface area contributed by atoms with E-state index in [1.807, 2.05) is 0 Å². The van der Waals surface area contributed by atoms with Crippen LogP contribution in [0.2, 0.25) is 0 Å². The predicted octanol–water partition coefficient (Wildman–Crippen LogP) is 9.85. The van der Waals surface area contributed by atoms with Crippen LogP contribution in [-0.4, -0.2) is 180 Å². The number of hydrogen-bond donors (Lipinski definition) is 0. The van der Waals surface area contributed by atoms with Crippen molar-refractivity contribution in [3.63, 3.8) is 0 Å². The van der Waals surface area contributed by atoms with Crippen LogP contribution in [0, 0.1) is 0 Å². The fourth-order valence-corrected chi connectivity index (χ4v) is 3.61. The molecule has 6 nitrogen and oxygen atoms in total. The summed E-state index contributed by atoms with van der Waals surface area (Å²) in [5.41, 5.74) is 0. The summed E-state index contributed by atoms with van der Waals surface area (Å²) in [7, 11) is 0. The standard InChI is InChI=1S/2C11HF22NO2.Ca/c2*12-2(13,1(35)36)9(28,29)34(10(30,31)5(18,19)3(14,15)7(22,23)24)11(32,33)6(20,21)4(16,17)8(25,26)27;/h2*(H,35,36);/q;;+2/p-2. The van der Waals surface area contributed by atoms with Crippen LogP contribution < -0.4 is 10.2 Å². The molecule has 0 amide bonds. The second-order valence-corrected chi connectivity index (χ2v) is 12.2. The topological polar surface area (TPSA) is 86.7 Å². The van der Waals surface area contributed by atoms with Gasteiger partial charge in [-0.05, 0) is 0 Å². The molecule has 432 valence electrons. The number of nitrogens with zero attached hydrogens (tertiary/aromatic N) is 2. The molecule has 0 spiro atoms. The summed E-state index contributed by atoms with van der Waals surface area (Å²) in [6.07, 6.45) is -32.9. The van der Waals surface area contributed by atoms with Crippen LogP contribution in [0.25, 0.3) is 0 Å². The van der Waals surface area contributed by atoms with Gasteiger partial charge < -0.3 is 19.8 Å². The average Bonchev–Trinajstić information content (AvgIpc) is 3.08. The third-order valence-electron chi connectivity index (χ3n) is 7.47. The third-order valence-corrected chi connectivity index (χ3v) is 7.47. The predicted molar refractivity (Wildman–Crippen MR) is 123 cm³/mol. The van der Waals surface area contributed by atoms with Crippen molar-refractivity contribution >= 4 is 49.7 Å². The minimum Gasteiger partial charge on any atom is -0.544 e. The zero-order valence-corrected chi connectivity index (χ0v) is 33.1. The summed E-state index contributed by atoms with van der Waals surface area (Å²) < 4.78 is 570. The molecule has 0 saturated heterocycles. The molecule has 0 aliphatic rings. The van der Waals surface area contributed by atoms with Crippen LogP contribution in [0.1, 0.15) is 0 Å². The average molecular weight is 1230 g/mol. The maximum Gasteiger partial charge on any atom is 2.00 e. The Bertz CT molecular complexity index is 1720. The summed E-state index contributed by atoms with van der Waals surface area (Å²) in [6.45, 7) is 0. The number of carbonyl (C=O) groups excluding carboxylic acids is 2. The van der Waals surface area contributed by atoms with E-state index in [9.17, 15) is 213 Å². The van der Waals surface area contributed by atoms with Crippen LogP contribution in [0.3, 0.4) is 0 Å². The van der Waals surface area contributed by atoms with Crippen LogP contribution in [0.15, 0.2) is 0 Å². The summed E-state index contributed by atoms with van der Waals surface area (Å²) in [4.78, 5) is 8.65. The number of hydrogen-bond acceptors (Lipinski definition) is 6. The molecule has 73 heavy (non-hydrogen) atoms. The van der Waals surface area contributed by atoms with Gasteiger partial charge >= 0.3 is 158 Å². The third kappa shape index (κ3) is 10.6. The van der Waals surface area contributed by atoms with E-state index in [0.29, 0.717) is 0 Å². The maximum atomic E-state index is 13.7. The molecule has 0 fully saturated rings. The van der Waals surface area contributed by atoms with Gasteiger partial charge in [-0.15, -0.1) is 9.80 Å². The Morgan fingerprint density at radius 1 is 0.219 bits per heavy atom. The van der Waals surface area contributed by atoms with Crippen molar-refractivity contribution in [2.75, 3.05) is 0 Å². The number of carbonyl (C=O) groups is 2. The molecule has 0 N–H and O–H groups in total. The zero-order valence-electron chi connectivity index (χ0n) is 30.9. The van der Waals surface area contributed by atoms with Gasteiger partial charge in [0, 0.05) is 0 Å². The Balaban J connectivity index is -0.00000132. The summed E-state index contributed by atoms with van der Waals surface area (Å²) in [5, 5.41) is 19.9. The van der Waals surface area contributed by atoms with Gasteiger partial charge in [-0.2, -0.15) is 193 Å². The van der Waals surface area contributed by atoms with Crippen molar-refractivity contribution in [1.82, 2.24) is 9.80 Å². The first-order chi connectivity index (χ1) is 30.1. The van der Waals surface area contributed by atoms with Crippen molar-refractivity contribution in [2.24, 2.45) is 0 Å². The number of halogens is 44. The summed E-state index contributed by atoms with van der Waals surface area (Å²) >= 11 is 0. The molecule has 0 unspecified atom stereocenters. The number of rotatable bonds is 18. The molecule has 0 rings (SSSR count). The molecular formula is C22CaF44N2O4. The molecule has 0 aromatic rings. The minimum atomic E-state index is -9.36. The van der Waals surface area contributed by atoms with E-state index in [0.717, 1.165) is 0 Å². The Kier molecular flexibility index (Phi) is 19.5. The van der Waals surface area contributed by atoms with Gasteiger partial charge in [0.2, 0.25) is 0 Å². The summed E-state index contributed by atoms with van der Waals surface area (Å²) in [5.74, 6) is -97.8. The first-order valence-electron chi connectivity index (χ1n) is 14.5. The molecule has 0 heterocycles. The van der Waals surface area contributed by atoms with Crippen LogP contribution >= 0.6 is 0 Å². The molecule has 0 aliphatic heterocycles. The zero-order chi connectivity index (χ0) is 60.3. The van der Waals surface area contributed by atoms with E-state index in [2.05, 4.69) is 0 Å². The Morgan fingerprint density at radius 3 is 0.411 bits per heavy atom. The van der Waals surface area contributed by atoms with Gasteiger partial charge in [0.1, 0.15) is 11.9 Å². The normalized spacial score (nSPS) is 16.3. The first-order valence-corrected chi connectivity index (χ1v) is 14.5. The van der Waals surface area contributed by atoms with Crippen LogP contribution in [0.4, 0.5) is 193 Å². The molecule has 0 aromatic heterocycles. The van der Waals surface area contributed by atoms with Crippen molar-refractivity contribution < 1.29 is 213 Å². The van der Waals surface area contributed by atoms with E-state index < -0.39 is 142 Å². The largest absolute Gasteiger partial charge is 2.00 e. The molecule has 0 bridgehead atoms. The number of alkyl halides is 44. The van der Waals surface area contributed by atoms with E-state index in [4.69, 9.17) is 0 Å². The van der Waals surface area contributed by atoms with Crippen LogP contribution in [-0.2, 0) is 9.59 Å². The fraction of sp³-hybridized carbons (Fsp3) is 0.909. The number of aliphatic carboxylic acids is 2. The molecular weight excluding hydrogens is 1230 g/mol. The quantitative estimate of drug-likeness (QED) is 0.0773. The molecule has 0 radical (unpaired) electrons. The van der Waals surface area contributed by atoms with E-state index in [1.54, 1.807) is 0 Å². The molecule has 0 aromatic carbocycles. The molecule has 51 heteroatoms. The maximum absolute atomic E-state index is 13.7. The molecule has 0 aliphatic carbocycles. The number of carboxylic acids is 2. The second-order valence-electron chi connectivity index (χ2n) is 12.2. The summed E-state index contributed by atoms with van der Waals surface area (Å²) in [6, 6.07) is -55.3. The Labute approximate surface area is 392 Å². The van der Waals surface area contributed by atoms with Crippen molar-refractivity contribution in [3.8, 4) is 0 Å². The van der Waals surface area contributed by atoms with Gasteiger partial charge in [0.05, 0.1) is 0 Å². The van der Waals surface area contributed by atoms with Gasteiger partial charge in [0.15, 0.2) is 0 Å². The second kappa shape index (κ2) is 19.2. The SMILES string of the molecule is O=C([O-])C(F)(F)C(F)(F)N(C(F)(F)C(F)(F)C(F)(F)C(F)(F)F)C(F)(F)C(F)(F)C(F)(F)C(F)(F)F.O=C([O-])C(F)(F)C(F)(F)N(C(F)(F)C(F)(F)C(F)(F)C(F)(F)F)C(F)(F)C(F)(F)C(F)(F)C(F)(F)F.[Ca+2].